The normalized spacial score (nSPS) is 13.1. The van der Waals surface area contributed by atoms with Gasteiger partial charge < -0.3 is 19.4 Å². The van der Waals surface area contributed by atoms with Crippen molar-refractivity contribution in [2.24, 2.45) is 7.05 Å². The van der Waals surface area contributed by atoms with Gasteiger partial charge in [0.05, 0.1) is 18.2 Å². The number of ether oxygens (including phenoxy) is 2. The van der Waals surface area contributed by atoms with Gasteiger partial charge in [0.1, 0.15) is 5.75 Å². The number of benzene rings is 3. The predicted molar refractivity (Wildman–Crippen MR) is 165 cm³/mol. The quantitative estimate of drug-likeness (QED) is 0.222. The summed E-state index contributed by atoms with van der Waals surface area (Å²) in [6.45, 7) is 12.3. The fraction of sp³-hybridized carbons (Fsp3) is 0.353. The SMILES string of the molecule is COC(=O)[C@H](C)Oc1cccc(Cc2c(C)n(C)c3cc(C(=O)N[C@@H](C)c4ccc(C(C)(C)C)cc4)ccc23)c1Cl. The number of rotatable bonds is 8. The summed E-state index contributed by atoms with van der Waals surface area (Å²) in [5, 5.41) is 4.66. The van der Waals surface area contributed by atoms with Gasteiger partial charge in [-0.3, -0.25) is 4.79 Å². The first kappa shape index (κ1) is 30.2. The first-order valence-corrected chi connectivity index (χ1v) is 14.2. The van der Waals surface area contributed by atoms with E-state index in [9.17, 15) is 9.59 Å². The van der Waals surface area contributed by atoms with E-state index >= 15 is 0 Å². The average molecular weight is 575 g/mol. The molecule has 2 atom stereocenters. The third kappa shape index (κ3) is 6.43. The lowest BCUT2D eigenvalue weighted by Gasteiger charge is -2.20. The molecule has 3 aromatic carbocycles. The number of hydrogen-bond acceptors (Lipinski definition) is 4. The van der Waals surface area contributed by atoms with Gasteiger partial charge in [-0.1, -0.05) is 74.8 Å². The van der Waals surface area contributed by atoms with Crippen molar-refractivity contribution < 1.29 is 19.1 Å². The molecule has 6 nitrogen and oxygen atoms in total. The van der Waals surface area contributed by atoms with Crippen LogP contribution in [0.2, 0.25) is 5.02 Å². The minimum Gasteiger partial charge on any atom is -0.477 e. The van der Waals surface area contributed by atoms with E-state index in [2.05, 4.69) is 61.8 Å². The third-order valence-electron chi connectivity index (χ3n) is 7.76. The Morgan fingerprint density at radius 3 is 2.34 bits per heavy atom. The van der Waals surface area contributed by atoms with Gasteiger partial charge in [0.2, 0.25) is 0 Å². The number of carbonyl (C=O) groups excluding carboxylic acids is 2. The maximum atomic E-state index is 13.2. The molecular weight excluding hydrogens is 536 g/mol. The van der Waals surface area contributed by atoms with E-state index < -0.39 is 12.1 Å². The lowest BCUT2D eigenvalue weighted by molar-refractivity contribution is -0.147. The second-order valence-electron chi connectivity index (χ2n) is 11.6. The Morgan fingerprint density at radius 2 is 1.71 bits per heavy atom. The van der Waals surface area contributed by atoms with Crippen LogP contribution in [0.5, 0.6) is 5.75 Å². The molecule has 216 valence electrons. The standard InChI is InChI=1S/C34H39ClN2O4/c1-20(23-12-15-26(16-13-23)34(4,5)6)36-32(38)25-14-17-27-28(21(2)37(7)29(27)19-25)18-24-10-9-11-30(31(24)35)41-22(3)33(39)40-8/h9-17,19-20,22H,18H2,1-8H3,(H,36,38)/t20-,22-/m0/s1. The smallest absolute Gasteiger partial charge is 0.346 e. The fourth-order valence-electron chi connectivity index (χ4n) is 5.02. The van der Waals surface area contributed by atoms with Gasteiger partial charge in [0.15, 0.2) is 6.10 Å². The van der Waals surface area contributed by atoms with E-state index in [0.29, 0.717) is 22.8 Å². The molecule has 4 aromatic rings. The molecule has 0 fully saturated rings. The Kier molecular flexibility index (Phi) is 8.83. The number of hydrogen-bond donors (Lipinski definition) is 1. The average Bonchev–Trinajstić information content (AvgIpc) is 3.18. The largest absolute Gasteiger partial charge is 0.477 e. The maximum absolute atomic E-state index is 13.2. The third-order valence-corrected chi connectivity index (χ3v) is 8.19. The molecule has 0 saturated carbocycles. The Labute approximate surface area is 247 Å². The van der Waals surface area contributed by atoms with E-state index in [-0.39, 0.29) is 17.4 Å². The summed E-state index contributed by atoms with van der Waals surface area (Å²) in [6.07, 6.45) is -0.207. The second-order valence-corrected chi connectivity index (χ2v) is 12.0. The van der Waals surface area contributed by atoms with Crippen LogP contribution in [0.25, 0.3) is 10.9 Å². The van der Waals surface area contributed by atoms with Crippen molar-refractivity contribution in [3.05, 3.63) is 99.2 Å². The van der Waals surface area contributed by atoms with Crippen molar-refractivity contribution in [2.45, 2.75) is 65.5 Å². The molecule has 1 aromatic heterocycles. The van der Waals surface area contributed by atoms with E-state index in [0.717, 1.165) is 33.3 Å². The number of halogens is 1. The molecule has 4 rings (SSSR count). The number of nitrogens with zero attached hydrogens (tertiary/aromatic N) is 1. The number of nitrogens with one attached hydrogen (secondary N) is 1. The maximum Gasteiger partial charge on any atom is 0.346 e. The topological polar surface area (TPSA) is 69.6 Å². The van der Waals surface area contributed by atoms with Crippen LogP contribution >= 0.6 is 11.6 Å². The monoisotopic (exact) mass is 574 g/mol. The first-order valence-electron chi connectivity index (χ1n) is 13.8. The Balaban J connectivity index is 1.56. The first-order chi connectivity index (χ1) is 19.3. The zero-order valence-electron chi connectivity index (χ0n) is 25.1. The second kappa shape index (κ2) is 12.0. The molecule has 0 bridgehead atoms. The summed E-state index contributed by atoms with van der Waals surface area (Å²) in [6, 6.07) is 19.7. The van der Waals surface area contributed by atoms with E-state index in [4.69, 9.17) is 21.1 Å². The number of aryl methyl sites for hydroxylation is 1. The number of fused-ring (bicyclic) bond motifs is 1. The van der Waals surface area contributed by atoms with Gasteiger partial charge in [-0.2, -0.15) is 0 Å². The molecule has 1 heterocycles. The van der Waals surface area contributed by atoms with Crippen LogP contribution in [0, 0.1) is 6.92 Å². The van der Waals surface area contributed by atoms with Crippen LogP contribution in [0.15, 0.2) is 60.7 Å². The molecule has 7 heteroatoms. The van der Waals surface area contributed by atoms with E-state index in [1.54, 1.807) is 13.0 Å². The van der Waals surface area contributed by atoms with Crippen molar-refractivity contribution in [1.29, 1.82) is 0 Å². The summed E-state index contributed by atoms with van der Waals surface area (Å²) in [5.41, 5.74) is 7.05. The van der Waals surface area contributed by atoms with Crippen LogP contribution in [0.1, 0.15) is 79.0 Å². The van der Waals surface area contributed by atoms with Gasteiger partial charge in [-0.05, 0) is 66.6 Å². The summed E-state index contributed by atoms with van der Waals surface area (Å²) in [7, 11) is 3.33. The van der Waals surface area contributed by atoms with E-state index in [1.165, 1.54) is 12.7 Å². The van der Waals surface area contributed by atoms with Crippen LogP contribution in [-0.2, 0) is 28.4 Å². The highest BCUT2D eigenvalue weighted by molar-refractivity contribution is 6.32. The minimum atomic E-state index is -0.776. The Hall–Kier alpha value is -3.77. The van der Waals surface area contributed by atoms with Gasteiger partial charge in [0.25, 0.3) is 5.91 Å². The Morgan fingerprint density at radius 1 is 1.02 bits per heavy atom. The lowest BCUT2D eigenvalue weighted by Crippen LogP contribution is -2.26. The molecule has 0 aliphatic heterocycles. The van der Waals surface area contributed by atoms with Crippen molar-refractivity contribution in [2.75, 3.05) is 7.11 Å². The fourth-order valence-corrected chi connectivity index (χ4v) is 5.26. The number of methoxy groups -OCH3 is 1. The van der Waals surface area contributed by atoms with Crippen LogP contribution in [0.4, 0.5) is 0 Å². The van der Waals surface area contributed by atoms with Crippen molar-refractivity contribution in [3.8, 4) is 5.75 Å². The van der Waals surface area contributed by atoms with E-state index in [1.807, 2.05) is 44.3 Å². The van der Waals surface area contributed by atoms with Gasteiger partial charge in [0, 0.05) is 35.6 Å². The number of carbonyl (C=O) groups is 2. The molecular formula is C34H39ClN2O4. The zero-order chi connectivity index (χ0) is 30.1. The lowest BCUT2D eigenvalue weighted by atomic mass is 9.86. The van der Waals surface area contributed by atoms with Crippen molar-refractivity contribution in [1.82, 2.24) is 9.88 Å². The number of aromatic nitrogens is 1. The molecule has 0 aliphatic carbocycles. The zero-order valence-corrected chi connectivity index (χ0v) is 25.8. The van der Waals surface area contributed by atoms with Crippen molar-refractivity contribution >= 4 is 34.4 Å². The molecule has 0 saturated heterocycles. The van der Waals surface area contributed by atoms with Crippen LogP contribution in [-0.4, -0.2) is 29.7 Å². The summed E-state index contributed by atoms with van der Waals surface area (Å²) < 4.78 is 12.6. The summed E-state index contributed by atoms with van der Waals surface area (Å²) >= 11 is 6.72. The van der Waals surface area contributed by atoms with Gasteiger partial charge in [-0.25, -0.2) is 4.79 Å². The summed E-state index contributed by atoms with van der Waals surface area (Å²) in [5.74, 6) is -0.155. The van der Waals surface area contributed by atoms with Gasteiger partial charge in [-0.15, -0.1) is 0 Å². The highest BCUT2D eigenvalue weighted by Crippen LogP contribution is 2.34. The molecule has 0 aliphatic rings. The van der Waals surface area contributed by atoms with Crippen molar-refractivity contribution in [3.63, 3.8) is 0 Å². The molecule has 0 radical (unpaired) electrons. The number of esters is 1. The highest BCUT2D eigenvalue weighted by Gasteiger charge is 2.21. The molecule has 1 amide bonds. The molecule has 41 heavy (non-hydrogen) atoms. The Bertz CT molecular complexity index is 1580. The predicted octanol–water partition coefficient (Wildman–Crippen LogP) is 7.46. The number of amides is 1. The highest BCUT2D eigenvalue weighted by atomic mass is 35.5. The summed E-state index contributed by atoms with van der Waals surface area (Å²) in [4.78, 5) is 25.1. The molecule has 0 unspecified atom stereocenters. The molecule has 1 N–H and O–H groups in total. The van der Waals surface area contributed by atoms with Crippen LogP contribution < -0.4 is 10.1 Å². The minimum absolute atomic E-state index is 0.0808. The van der Waals surface area contributed by atoms with Crippen LogP contribution in [0.3, 0.4) is 0 Å². The molecule has 0 spiro atoms. The van der Waals surface area contributed by atoms with Gasteiger partial charge >= 0.3 is 5.97 Å².